The minimum atomic E-state index is -4.45. The van der Waals surface area contributed by atoms with Crippen molar-refractivity contribution in [3.63, 3.8) is 0 Å². The summed E-state index contributed by atoms with van der Waals surface area (Å²) in [5.74, 6) is -0.947. The van der Waals surface area contributed by atoms with E-state index in [9.17, 15) is 13.2 Å². The van der Waals surface area contributed by atoms with Crippen molar-refractivity contribution in [3.8, 4) is 0 Å². The Morgan fingerprint density at radius 2 is 1.77 bits per heavy atom. The standard InChI is InChI=1S/C8H10F3NO/c1-7(2,3)6-12-4-5(13-6)8(9,10)11/h4H,1-3H3. The topological polar surface area (TPSA) is 26.0 Å². The number of aromatic nitrogens is 1. The molecule has 0 aliphatic heterocycles. The van der Waals surface area contributed by atoms with Crippen LogP contribution in [0.4, 0.5) is 13.2 Å². The zero-order valence-corrected chi connectivity index (χ0v) is 7.57. The summed E-state index contributed by atoms with van der Waals surface area (Å²) in [4.78, 5) is 3.57. The summed E-state index contributed by atoms with van der Waals surface area (Å²) in [5.41, 5.74) is -0.497. The molecule has 0 amide bonds. The van der Waals surface area contributed by atoms with E-state index in [0.717, 1.165) is 0 Å². The quantitative estimate of drug-likeness (QED) is 0.633. The minimum Gasteiger partial charge on any atom is -0.436 e. The fourth-order valence-electron chi connectivity index (χ4n) is 0.752. The Bertz CT molecular complexity index is 267. The fraction of sp³-hybridized carbons (Fsp3) is 0.625. The lowest BCUT2D eigenvalue weighted by Crippen LogP contribution is -2.11. The van der Waals surface area contributed by atoms with Gasteiger partial charge < -0.3 is 4.42 Å². The van der Waals surface area contributed by atoms with E-state index in [0.29, 0.717) is 6.20 Å². The molecule has 0 radical (unpaired) electrons. The first-order valence-electron chi connectivity index (χ1n) is 3.75. The normalized spacial score (nSPS) is 13.4. The molecule has 1 aromatic heterocycles. The van der Waals surface area contributed by atoms with Gasteiger partial charge in [-0.2, -0.15) is 13.2 Å². The molecule has 5 heteroatoms. The van der Waals surface area contributed by atoms with Crippen molar-refractivity contribution in [1.29, 1.82) is 0 Å². The highest BCUT2D eigenvalue weighted by molar-refractivity contribution is 5.04. The van der Waals surface area contributed by atoms with Crippen LogP contribution in [-0.4, -0.2) is 4.98 Å². The van der Waals surface area contributed by atoms with Crippen molar-refractivity contribution in [2.45, 2.75) is 32.4 Å². The molecule has 0 spiro atoms. The largest absolute Gasteiger partial charge is 0.451 e. The number of alkyl halides is 3. The van der Waals surface area contributed by atoms with Gasteiger partial charge in [0.05, 0.1) is 6.20 Å². The third-order valence-electron chi connectivity index (χ3n) is 1.43. The van der Waals surface area contributed by atoms with Gasteiger partial charge in [0.25, 0.3) is 0 Å². The maximum Gasteiger partial charge on any atom is 0.451 e. The first kappa shape index (κ1) is 10.1. The van der Waals surface area contributed by atoms with Crippen molar-refractivity contribution in [2.75, 3.05) is 0 Å². The third kappa shape index (κ3) is 2.23. The number of hydrogen-bond acceptors (Lipinski definition) is 2. The van der Waals surface area contributed by atoms with Gasteiger partial charge in [-0.1, -0.05) is 20.8 Å². The first-order valence-corrected chi connectivity index (χ1v) is 3.75. The summed E-state index contributed by atoms with van der Waals surface area (Å²) in [5, 5.41) is 0. The van der Waals surface area contributed by atoms with E-state index in [2.05, 4.69) is 9.40 Å². The van der Waals surface area contributed by atoms with E-state index in [1.165, 1.54) is 0 Å². The molecule has 0 bridgehead atoms. The zero-order valence-electron chi connectivity index (χ0n) is 7.57. The second-order valence-corrected chi connectivity index (χ2v) is 3.78. The predicted octanol–water partition coefficient (Wildman–Crippen LogP) is 2.99. The molecular formula is C8H10F3NO. The first-order chi connectivity index (χ1) is 5.71. The van der Waals surface area contributed by atoms with Crippen molar-refractivity contribution in [3.05, 3.63) is 17.8 Å². The number of hydrogen-bond donors (Lipinski definition) is 0. The molecule has 2 nitrogen and oxygen atoms in total. The summed E-state index contributed by atoms with van der Waals surface area (Å²) in [6, 6.07) is 0. The van der Waals surface area contributed by atoms with Gasteiger partial charge in [0.2, 0.25) is 5.76 Å². The smallest absolute Gasteiger partial charge is 0.436 e. The Hall–Kier alpha value is -1.00. The minimum absolute atomic E-state index is 0.0971. The van der Waals surface area contributed by atoms with Gasteiger partial charge in [0, 0.05) is 5.41 Å². The summed E-state index contributed by atoms with van der Waals surface area (Å²) in [6.45, 7) is 5.21. The van der Waals surface area contributed by atoms with Gasteiger partial charge in [-0.15, -0.1) is 0 Å². The molecule has 0 aliphatic rings. The van der Waals surface area contributed by atoms with Crippen LogP contribution in [-0.2, 0) is 11.6 Å². The molecule has 1 heterocycles. The van der Waals surface area contributed by atoms with Crippen LogP contribution in [0.2, 0.25) is 0 Å². The Morgan fingerprint density at radius 3 is 2.00 bits per heavy atom. The summed E-state index contributed by atoms with van der Waals surface area (Å²) < 4.78 is 40.7. The number of oxazole rings is 1. The van der Waals surface area contributed by atoms with Crippen LogP contribution in [0.25, 0.3) is 0 Å². The Kier molecular flexibility index (Phi) is 2.13. The number of halogens is 3. The molecule has 13 heavy (non-hydrogen) atoms. The average molecular weight is 193 g/mol. The Balaban J connectivity index is 3.01. The van der Waals surface area contributed by atoms with Gasteiger partial charge >= 0.3 is 6.18 Å². The molecule has 1 aromatic rings. The summed E-state index contributed by atoms with van der Waals surface area (Å²) in [7, 11) is 0. The van der Waals surface area contributed by atoms with Crippen molar-refractivity contribution < 1.29 is 17.6 Å². The molecule has 1 rings (SSSR count). The van der Waals surface area contributed by atoms with Gasteiger partial charge in [0.15, 0.2) is 5.89 Å². The Morgan fingerprint density at radius 1 is 1.23 bits per heavy atom. The van der Waals surface area contributed by atoms with Crippen LogP contribution in [0.1, 0.15) is 32.4 Å². The molecule has 0 saturated heterocycles. The van der Waals surface area contributed by atoms with Gasteiger partial charge in [-0.05, 0) is 0 Å². The van der Waals surface area contributed by atoms with Crippen LogP contribution in [0.15, 0.2) is 10.6 Å². The van der Waals surface area contributed by atoms with Crippen molar-refractivity contribution >= 4 is 0 Å². The maximum atomic E-state index is 12.1. The number of nitrogens with zero attached hydrogens (tertiary/aromatic N) is 1. The number of rotatable bonds is 0. The Labute approximate surface area is 73.8 Å². The van der Waals surface area contributed by atoms with E-state index >= 15 is 0 Å². The van der Waals surface area contributed by atoms with Crippen LogP contribution >= 0.6 is 0 Å². The molecule has 0 fully saturated rings. The average Bonchev–Trinajstić information content (AvgIpc) is 2.28. The monoisotopic (exact) mass is 193 g/mol. The molecule has 0 aliphatic carbocycles. The van der Waals surface area contributed by atoms with E-state index in [-0.39, 0.29) is 5.89 Å². The molecule has 0 N–H and O–H groups in total. The third-order valence-corrected chi connectivity index (χ3v) is 1.43. The fourth-order valence-corrected chi connectivity index (χ4v) is 0.752. The van der Waals surface area contributed by atoms with Crippen LogP contribution < -0.4 is 0 Å². The SMILES string of the molecule is CC(C)(C)c1ncc(C(F)(F)F)o1. The summed E-state index contributed by atoms with van der Waals surface area (Å²) >= 11 is 0. The highest BCUT2D eigenvalue weighted by Crippen LogP contribution is 2.32. The predicted molar refractivity (Wildman–Crippen MR) is 40.2 cm³/mol. The summed E-state index contributed by atoms with van der Waals surface area (Å²) in [6.07, 6.45) is -3.74. The maximum absolute atomic E-state index is 12.1. The van der Waals surface area contributed by atoms with E-state index in [1.807, 2.05) is 0 Å². The molecular weight excluding hydrogens is 183 g/mol. The van der Waals surface area contributed by atoms with Gasteiger partial charge in [-0.3, -0.25) is 0 Å². The molecule has 0 unspecified atom stereocenters. The van der Waals surface area contributed by atoms with Crippen LogP contribution in [0.3, 0.4) is 0 Å². The second-order valence-electron chi connectivity index (χ2n) is 3.78. The van der Waals surface area contributed by atoms with Gasteiger partial charge in [0.1, 0.15) is 0 Å². The van der Waals surface area contributed by atoms with Gasteiger partial charge in [-0.25, -0.2) is 4.98 Å². The molecule has 0 aromatic carbocycles. The molecule has 74 valence electrons. The lowest BCUT2D eigenvalue weighted by Gasteiger charge is -2.12. The highest BCUT2D eigenvalue weighted by Gasteiger charge is 2.36. The van der Waals surface area contributed by atoms with Crippen molar-refractivity contribution in [1.82, 2.24) is 4.98 Å². The van der Waals surface area contributed by atoms with Crippen molar-refractivity contribution in [2.24, 2.45) is 0 Å². The second kappa shape index (κ2) is 2.75. The molecule has 0 atom stereocenters. The lowest BCUT2D eigenvalue weighted by atomic mass is 9.97. The van der Waals surface area contributed by atoms with Crippen LogP contribution in [0.5, 0.6) is 0 Å². The highest BCUT2D eigenvalue weighted by atomic mass is 19.4. The van der Waals surface area contributed by atoms with Crippen LogP contribution in [0, 0.1) is 0 Å². The molecule has 0 saturated carbocycles. The lowest BCUT2D eigenvalue weighted by molar-refractivity contribution is -0.153. The van der Waals surface area contributed by atoms with E-state index in [4.69, 9.17) is 0 Å². The zero-order chi connectivity index (χ0) is 10.3. The van der Waals surface area contributed by atoms with E-state index < -0.39 is 17.4 Å². The van der Waals surface area contributed by atoms with E-state index in [1.54, 1.807) is 20.8 Å².